The van der Waals surface area contributed by atoms with Crippen molar-refractivity contribution in [2.24, 2.45) is 0 Å². The Hall–Kier alpha value is -2.88. The topological polar surface area (TPSA) is 44.2 Å². The molecule has 0 unspecified atom stereocenters. The Morgan fingerprint density at radius 1 is 0.571 bits per heavy atom. The van der Waals surface area contributed by atoms with Crippen molar-refractivity contribution in [3.05, 3.63) is 72.1 Å². The Bertz CT molecular complexity index is 937. The van der Waals surface area contributed by atoms with Gasteiger partial charge in [-0.25, -0.2) is 9.97 Å². The van der Waals surface area contributed by atoms with E-state index in [0.29, 0.717) is 6.61 Å². The molecule has 0 aliphatic carbocycles. The second-order valence-corrected chi connectivity index (χ2v) is 9.30. The molecule has 0 fully saturated rings. The first kappa shape index (κ1) is 26.7. The zero-order chi connectivity index (χ0) is 24.6. The summed E-state index contributed by atoms with van der Waals surface area (Å²) in [4.78, 5) is 9.18. The molecular weight excluding hydrogens is 432 g/mol. The van der Waals surface area contributed by atoms with E-state index < -0.39 is 0 Å². The molecule has 0 amide bonds. The van der Waals surface area contributed by atoms with Gasteiger partial charge in [0.1, 0.15) is 18.1 Å². The zero-order valence-corrected chi connectivity index (χ0v) is 21.7. The van der Waals surface area contributed by atoms with Crippen molar-refractivity contribution < 1.29 is 9.47 Å². The van der Waals surface area contributed by atoms with Gasteiger partial charge in [0.05, 0.1) is 6.61 Å². The van der Waals surface area contributed by atoms with Crippen LogP contribution in [0.1, 0.15) is 89.2 Å². The summed E-state index contributed by atoms with van der Waals surface area (Å²) in [5, 5.41) is 0. The molecular formula is C31H42N2O2. The minimum absolute atomic E-state index is 0.526. The molecule has 2 aromatic carbocycles. The first-order valence-corrected chi connectivity index (χ1v) is 13.5. The molecule has 1 aromatic heterocycles. The van der Waals surface area contributed by atoms with Crippen LogP contribution >= 0.6 is 0 Å². The van der Waals surface area contributed by atoms with Crippen molar-refractivity contribution in [2.45, 2.75) is 91.1 Å². The molecule has 3 aromatic rings. The van der Waals surface area contributed by atoms with Gasteiger partial charge >= 0.3 is 0 Å². The summed E-state index contributed by atoms with van der Waals surface area (Å²) in [5.74, 6) is 2.51. The standard InChI is InChI=1S/C31H42N2O2/c1-3-5-7-8-9-10-11-12-13-27-23-32-31(33-24-27)28-16-20-30(21-17-28)35-25-26-14-18-29(19-15-26)34-22-6-4-2/h14-21,23-24H,3-13,22,25H2,1-2H3. The predicted molar refractivity (Wildman–Crippen MR) is 145 cm³/mol. The van der Waals surface area contributed by atoms with Crippen LogP contribution in [0.5, 0.6) is 11.5 Å². The SMILES string of the molecule is CCCCCCCCCCc1cnc(-c2ccc(OCc3ccc(OCCCC)cc3)cc2)nc1. The second-order valence-electron chi connectivity index (χ2n) is 9.30. The number of aryl methyl sites for hydroxylation is 1. The largest absolute Gasteiger partial charge is 0.494 e. The van der Waals surface area contributed by atoms with Crippen LogP contribution in [0, 0.1) is 0 Å². The summed E-state index contributed by atoms with van der Waals surface area (Å²) in [6.45, 7) is 5.73. The minimum atomic E-state index is 0.526. The molecule has 1 heterocycles. The van der Waals surface area contributed by atoms with Crippen LogP contribution in [0.15, 0.2) is 60.9 Å². The van der Waals surface area contributed by atoms with Crippen LogP contribution in [0.4, 0.5) is 0 Å². The summed E-state index contributed by atoms with van der Waals surface area (Å²) in [6.07, 6.45) is 17.9. The lowest BCUT2D eigenvalue weighted by atomic mass is 10.1. The number of unbranched alkanes of at least 4 members (excludes halogenated alkanes) is 8. The number of nitrogens with zero attached hydrogens (tertiary/aromatic N) is 2. The van der Waals surface area contributed by atoms with E-state index in [1.807, 2.05) is 48.8 Å². The summed E-state index contributed by atoms with van der Waals surface area (Å²) in [5.41, 5.74) is 3.35. The molecule has 35 heavy (non-hydrogen) atoms. The highest BCUT2D eigenvalue weighted by molar-refractivity contribution is 5.55. The van der Waals surface area contributed by atoms with Crippen molar-refractivity contribution in [1.29, 1.82) is 0 Å². The normalized spacial score (nSPS) is 10.9. The van der Waals surface area contributed by atoms with Gasteiger partial charge in [0.25, 0.3) is 0 Å². The van der Waals surface area contributed by atoms with Crippen molar-refractivity contribution in [1.82, 2.24) is 9.97 Å². The van der Waals surface area contributed by atoms with E-state index in [0.717, 1.165) is 54.3 Å². The highest BCUT2D eigenvalue weighted by atomic mass is 16.5. The molecule has 3 rings (SSSR count). The maximum atomic E-state index is 5.95. The van der Waals surface area contributed by atoms with Crippen LogP contribution < -0.4 is 9.47 Å². The minimum Gasteiger partial charge on any atom is -0.494 e. The quantitative estimate of drug-likeness (QED) is 0.184. The van der Waals surface area contributed by atoms with Gasteiger partial charge in [-0.05, 0) is 66.8 Å². The van der Waals surface area contributed by atoms with Gasteiger partial charge in [0.15, 0.2) is 5.82 Å². The first-order valence-electron chi connectivity index (χ1n) is 13.5. The summed E-state index contributed by atoms with van der Waals surface area (Å²) >= 11 is 0. The molecule has 0 saturated carbocycles. The molecule has 4 heteroatoms. The first-order chi connectivity index (χ1) is 17.3. The summed E-state index contributed by atoms with van der Waals surface area (Å²) in [7, 11) is 0. The molecule has 0 N–H and O–H groups in total. The van der Waals surface area contributed by atoms with E-state index in [2.05, 4.69) is 35.9 Å². The Kier molecular flexibility index (Phi) is 12.1. The van der Waals surface area contributed by atoms with Gasteiger partial charge in [-0.1, -0.05) is 77.3 Å². The smallest absolute Gasteiger partial charge is 0.159 e. The summed E-state index contributed by atoms with van der Waals surface area (Å²) < 4.78 is 11.7. The third-order valence-corrected chi connectivity index (χ3v) is 6.23. The van der Waals surface area contributed by atoms with Crippen molar-refractivity contribution in [3.8, 4) is 22.9 Å². The fourth-order valence-electron chi connectivity index (χ4n) is 3.98. The maximum absolute atomic E-state index is 5.95. The van der Waals surface area contributed by atoms with E-state index >= 15 is 0 Å². The number of hydrogen-bond donors (Lipinski definition) is 0. The third kappa shape index (κ3) is 10.1. The van der Waals surface area contributed by atoms with Crippen molar-refractivity contribution in [2.75, 3.05) is 6.61 Å². The second kappa shape index (κ2) is 15.9. The predicted octanol–water partition coefficient (Wildman–Crippen LogP) is 8.58. The van der Waals surface area contributed by atoms with E-state index in [4.69, 9.17) is 9.47 Å². The fraction of sp³-hybridized carbons (Fsp3) is 0.484. The zero-order valence-electron chi connectivity index (χ0n) is 21.7. The van der Waals surface area contributed by atoms with Crippen LogP contribution in [0.3, 0.4) is 0 Å². The highest BCUT2D eigenvalue weighted by Crippen LogP contribution is 2.21. The molecule has 0 aliphatic rings. The van der Waals surface area contributed by atoms with Crippen LogP contribution in [0.2, 0.25) is 0 Å². The number of rotatable bonds is 17. The molecule has 4 nitrogen and oxygen atoms in total. The van der Waals surface area contributed by atoms with Crippen LogP contribution in [0.25, 0.3) is 11.4 Å². The average molecular weight is 475 g/mol. The number of hydrogen-bond acceptors (Lipinski definition) is 4. The number of aromatic nitrogens is 2. The lowest BCUT2D eigenvalue weighted by Gasteiger charge is -2.09. The average Bonchev–Trinajstić information content (AvgIpc) is 2.90. The van der Waals surface area contributed by atoms with E-state index in [1.54, 1.807) is 0 Å². The lowest BCUT2D eigenvalue weighted by Crippen LogP contribution is -1.98. The van der Waals surface area contributed by atoms with Crippen molar-refractivity contribution in [3.63, 3.8) is 0 Å². The monoisotopic (exact) mass is 474 g/mol. The number of benzene rings is 2. The van der Waals surface area contributed by atoms with Crippen molar-refractivity contribution >= 4 is 0 Å². The van der Waals surface area contributed by atoms with Crippen LogP contribution in [-0.2, 0) is 13.0 Å². The molecule has 0 saturated heterocycles. The maximum Gasteiger partial charge on any atom is 0.159 e. The highest BCUT2D eigenvalue weighted by Gasteiger charge is 2.04. The Labute approximate surface area is 212 Å². The third-order valence-electron chi connectivity index (χ3n) is 6.23. The van der Waals surface area contributed by atoms with Gasteiger partial charge in [-0.3, -0.25) is 0 Å². The molecule has 0 spiro atoms. The molecule has 0 atom stereocenters. The van der Waals surface area contributed by atoms with Gasteiger partial charge in [-0.15, -0.1) is 0 Å². The van der Waals surface area contributed by atoms with Gasteiger partial charge in [-0.2, -0.15) is 0 Å². The number of ether oxygens (including phenoxy) is 2. The Balaban J connectivity index is 1.38. The van der Waals surface area contributed by atoms with E-state index in [-0.39, 0.29) is 0 Å². The Morgan fingerprint density at radius 3 is 1.80 bits per heavy atom. The molecule has 188 valence electrons. The van der Waals surface area contributed by atoms with Crippen LogP contribution in [-0.4, -0.2) is 16.6 Å². The molecule has 0 bridgehead atoms. The molecule has 0 aliphatic heterocycles. The summed E-state index contributed by atoms with van der Waals surface area (Å²) in [6, 6.07) is 16.1. The van der Waals surface area contributed by atoms with E-state index in [9.17, 15) is 0 Å². The van der Waals surface area contributed by atoms with Gasteiger partial charge in [0, 0.05) is 18.0 Å². The fourth-order valence-corrected chi connectivity index (χ4v) is 3.98. The van der Waals surface area contributed by atoms with Gasteiger partial charge in [0.2, 0.25) is 0 Å². The lowest BCUT2D eigenvalue weighted by molar-refractivity contribution is 0.302. The van der Waals surface area contributed by atoms with Gasteiger partial charge < -0.3 is 9.47 Å². The Morgan fingerprint density at radius 2 is 1.14 bits per heavy atom. The van der Waals surface area contributed by atoms with E-state index in [1.165, 1.54) is 56.9 Å². The molecule has 0 radical (unpaired) electrons.